The molecule has 3 aromatic rings. The Kier molecular flexibility index (Phi) is 4.42. The number of carbonyl (C=O) groups excluding carboxylic acids is 1. The van der Waals surface area contributed by atoms with E-state index in [0.717, 1.165) is 23.1 Å². The van der Waals surface area contributed by atoms with Crippen molar-refractivity contribution in [2.75, 3.05) is 6.54 Å². The van der Waals surface area contributed by atoms with Gasteiger partial charge in [0.2, 0.25) is 0 Å². The van der Waals surface area contributed by atoms with Crippen molar-refractivity contribution in [3.63, 3.8) is 0 Å². The summed E-state index contributed by atoms with van der Waals surface area (Å²) in [6.07, 6.45) is 0.835. The maximum atomic E-state index is 12.4. The van der Waals surface area contributed by atoms with Gasteiger partial charge in [-0.1, -0.05) is 60.7 Å². The molecule has 0 aliphatic rings. The van der Waals surface area contributed by atoms with Crippen LogP contribution < -0.4 is 5.32 Å². The quantitative estimate of drug-likeness (QED) is 0.759. The van der Waals surface area contributed by atoms with Crippen LogP contribution in [-0.4, -0.2) is 12.5 Å². The van der Waals surface area contributed by atoms with E-state index >= 15 is 0 Å². The van der Waals surface area contributed by atoms with Gasteiger partial charge in [-0.3, -0.25) is 4.79 Å². The van der Waals surface area contributed by atoms with E-state index in [1.54, 1.807) is 0 Å². The molecule has 116 valence electrons. The van der Waals surface area contributed by atoms with Crippen molar-refractivity contribution >= 4 is 16.7 Å². The fourth-order valence-electron chi connectivity index (χ4n) is 2.98. The summed E-state index contributed by atoms with van der Waals surface area (Å²) < 4.78 is 0. The molecule has 2 heteroatoms. The van der Waals surface area contributed by atoms with Crippen molar-refractivity contribution in [1.29, 1.82) is 0 Å². The Hall–Kier alpha value is -2.61. The molecular weight excluding hydrogens is 282 g/mol. The van der Waals surface area contributed by atoms with Crippen LogP contribution in [0.15, 0.2) is 60.7 Å². The molecule has 0 saturated carbocycles. The van der Waals surface area contributed by atoms with Crippen molar-refractivity contribution in [3.8, 4) is 0 Å². The second kappa shape index (κ2) is 6.66. The van der Waals surface area contributed by atoms with E-state index in [2.05, 4.69) is 41.7 Å². The van der Waals surface area contributed by atoms with E-state index in [-0.39, 0.29) is 5.91 Å². The maximum Gasteiger partial charge on any atom is 0.251 e. The topological polar surface area (TPSA) is 29.1 Å². The van der Waals surface area contributed by atoms with Crippen molar-refractivity contribution < 1.29 is 4.79 Å². The highest BCUT2D eigenvalue weighted by atomic mass is 16.1. The molecule has 0 saturated heterocycles. The average molecular weight is 303 g/mol. The number of carbonyl (C=O) groups is 1. The third-order valence-corrected chi connectivity index (χ3v) is 4.22. The van der Waals surface area contributed by atoms with Crippen molar-refractivity contribution in [1.82, 2.24) is 5.32 Å². The standard InChI is InChI=1S/C21H21NO/c1-15-6-5-7-16(2)20(15)21(23)22-13-12-17-10-11-18-8-3-4-9-19(18)14-17/h3-11,14H,12-13H2,1-2H3,(H,22,23). The molecule has 0 aromatic heterocycles. The van der Waals surface area contributed by atoms with Gasteiger partial charge in [0.05, 0.1) is 0 Å². The number of aryl methyl sites for hydroxylation is 2. The van der Waals surface area contributed by atoms with E-state index in [1.165, 1.54) is 16.3 Å². The minimum atomic E-state index is 0.0152. The van der Waals surface area contributed by atoms with Gasteiger partial charge >= 0.3 is 0 Å². The summed E-state index contributed by atoms with van der Waals surface area (Å²) in [6, 6.07) is 20.7. The van der Waals surface area contributed by atoms with Gasteiger partial charge in [0.1, 0.15) is 0 Å². The van der Waals surface area contributed by atoms with Crippen LogP contribution in [0.1, 0.15) is 27.0 Å². The van der Waals surface area contributed by atoms with Gasteiger partial charge in [0.25, 0.3) is 5.91 Å². The lowest BCUT2D eigenvalue weighted by Crippen LogP contribution is -2.27. The summed E-state index contributed by atoms with van der Waals surface area (Å²) in [5.74, 6) is 0.0152. The van der Waals surface area contributed by atoms with Crippen LogP contribution in [0.2, 0.25) is 0 Å². The Morgan fingerprint density at radius 2 is 1.57 bits per heavy atom. The monoisotopic (exact) mass is 303 g/mol. The van der Waals surface area contributed by atoms with Crippen LogP contribution in [0.4, 0.5) is 0 Å². The summed E-state index contributed by atoms with van der Waals surface area (Å²) >= 11 is 0. The predicted octanol–water partition coefficient (Wildman–Crippen LogP) is 4.43. The summed E-state index contributed by atoms with van der Waals surface area (Å²) in [7, 11) is 0. The predicted molar refractivity (Wildman–Crippen MR) is 95.9 cm³/mol. The molecule has 0 unspecified atom stereocenters. The molecule has 3 rings (SSSR count). The number of fused-ring (bicyclic) bond motifs is 1. The lowest BCUT2D eigenvalue weighted by molar-refractivity contribution is 0.0953. The van der Waals surface area contributed by atoms with Gasteiger partial charge < -0.3 is 5.32 Å². The minimum absolute atomic E-state index is 0.0152. The fraction of sp³-hybridized carbons (Fsp3) is 0.190. The number of amides is 1. The lowest BCUT2D eigenvalue weighted by Gasteiger charge is -2.10. The third kappa shape index (κ3) is 3.42. The first kappa shape index (κ1) is 15.3. The first-order valence-electron chi connectivity index (χ1n) is 7.97. The van der Waals surface area contributed by atoms with Crippen LogP contribution in [-0.2, 0) is 6.42 Å². The number of hydrogen-bond donors (Lipinski definition) is 1. The first-order chi connectivity index (χ1) is 11.1. The number of benzene rings is 3. The largest absolute Gasteiger partial charge is 0.352 e. The Morgan fingerprint density at radius 3 is 2.30 bits per heavy atom. The Bertz CT molecular complexity index is 831. The second-order valence-electron chi connectivity index (χ2n) is 5.95. The molecule has 1 N–H and O–H groups in total. The zero-order valence-electron chi connectivity index (χ0n) is 13.6. The molecule has 0 spiro atoms. The lowest BCUT2D eigenvalue weighted by atomic mass is 10.0. The Labute approximate surface area is 137 Å². The molecule has 0 atom stereocenters. The number of nitrogens with one attached hydrogen (secondary N) is 1. The fourth-order valence-corrected chi connectivity index (χ4v) is 2.98. The molecule has 0 heterocycles. The molecule has 0 aliphatic heterocycles. The molecule has 0 bridgehead atoms. The molecular formula is C21H21NO. The molecule has 0 fully saturated rings. The molecule has 0 aliphatic carbocycles. The van der Waals surface area contributed by atoms with Crippen LogP contribution in [0, 0.1) is 13.8 Å². The van der Waals surface area contributed by atoms with Gasteiger partial charge in [-0.15, -0.1) is 0 Å². The van der Waals surface area contributed by atoms with Gasteiger partial charge in [0, 0.05) is 12.1 Å². The normalized spacial score (nSPS) is 10.7. The van der Waals surface area contributed by atoms with Gasteiger partial charge in [-0.25, -0.2) is 0 Å². The minimum Gasteiger partial charge on any atom is -0.352 e. The molecule has 1 amide bonds. The number of hydrogen-bond acceptors (Lipinski definition) is 1. The smallest absolute Gasteiger partial charge is 0.251 e. The van der Waals surface area contributed by atoms with Crippen LogP contribution in [0.3, 0.4) is 0 Å². The summed E-state index contributed by atoms with van der Waals surface area (Å²) in [5, 5.41) is 5.53. The van der Waals surface area contributed by atoms with E-state index in [1.807, 2.05) is 38.1 Å². The zero-order valence-corrected chi connectivity index (χ0v) is 13.6. The Balaban J connectivity index is 1.65. The van der Waals surface area contributed by atoms with E-state index in [0.29, 0.717) is 6.54 Å². The zero-order chi connectivity index (χ0) is 16.2. The van der Waals surface area contributed by atoms with Crippen molar-refractivity contribution in [2.45, 2.75) is 20.3 Å². The SMILES string of the molecule is Cc1cccc(C)c1C(=O)NCCc1ccc2ccccc2c1. The van der Waals surface area contributed by atoms with Gasteiger partial charge in [-0.05, 0) is 47.7 Å². The average Bonchev–Trinajstić information content (AvgIpc) is 2.54. The summed E-state index contributed by atoms with van der Waals surface area (Å²) in [4.78, 5) is 12.4. The first-order valence-corrected chi connectivity index (χ1v) is 7.97. The van der Waals surface area contributed by atoms with Gasteiger partial charge in [-0.2, -0.15) is 0 Å². The highest BCUT2D eigenvalue weighted by molar-refractivity contribution is 5.97. The summed E-state index contributed by atoms with van der Waals surface area (Å²) in [5.41, 5.74) is 4.08. The second-order valence-corrected chi connectivity index (χ2v) is 5.95. The molecule has 0 radical (unpaired) electrons. The van der Waals surface area contributed by atoms with E-state index in [4.69, 9.17) is 0 Å². The highest BCUT2D eigenvalue weighted by Gasteiger charge is 2.10. The third-order valence-electron chi connectivity index (χ3n) is 4.22. The van der Waals surface area contributed by atoms with Crippen LogP contribution >= 0.6 is 0 Å². The molecule has 2 nitrogen and oxygen atoms in total. The molecule has 23 heavy (non-hydrogen) atoms. The Morgan fingerprint density at radius 1 is 0.870 bits per heavy atom. The maximum absolute atomic E-state index is 12.4. The number of rotatable bonds is 4. The van der Waals surface area contributed by atoms with Crippen molar-refractivity contribution in [2.24, 2.45) is 0 Å². The molecule has 3 aromatic carbocycles. The summed E-state index contributed by atoms with van der Waals surface area (Å²) in [6.45, 7) is 4.60. The van der Waals surface area contributed by atoms with E-state index < -0.39 is 0 Å². The highest BCUT2D eigenvalue weighted by Crippen LogP contribution is 2.16. The van der Waals surface area contributed by atoms with E-state index in [9.17, 15) is 4.79 Å². The van der Waals surface area contributed by atoms with Crippen LogP contribution in [0.5, 0.6) is 0 Å². The van der Waals surface area contributed by atoms with Gasteiger partial charge in [0.15, 0.2) is 0 Å². The van der Waals surface area contributed by atoms with Crippen molar-refractivity contribution in [3.05, 3.63) is 82.9 Å². The van der Waals surface area contributed by atoms with Crippen LogP contribution in [0.25, 0.3) is 10.8 Å².